The van der Waals surface area contributed by atoms with Crippen molar-refractivity contribution in [3.63, 3.8) is 0 Å². The highest BCUT2D eigenvalue weighted by atomic mass is 16.2. The number of H-pyrrole nitrogens is 1. The Morgan fingerprint density at radius 2 is 1.82 bits per heavy atom. The van der Waals surface area contributed by atoms with Crippen LogP contribution in [0.2, 0.25) is 0 Å². The summed E-state index contributed by atoms with van der Waals surface area (Å²) >= 11 is 0. The number of carbonyl (C=O) groups excluding carboxylic acids is 1. The standard InChI is InChI=1S/C29H27N3O/c1-2-25(33)32-12-11-23-22-5-3-4-6-24(22)30-26(23)27(32)17-7-9-21(10-8-17)31-28-15-19-13-18-14-20(16-28)29(18,19)28/h1,3-10,18-20,27,30-31H,11-16H2/t18?,19?,20?,27-,28?,29?/m0/s1. The van der Waals surface area contributed by atoms with Gasteiger partial charge < -0.3 is 15.2 Å². The zero-order chi connectivity index (χ0) is 21.9. The Balaban J connectivity index is 1.14. The Labute approximate surface area is 193 Å². The number of nitrogens with zero attached hydrogens (tertiary/aromatic N) is 1. The Bertz CT molecular complexity index is 1350. The first kappa shape index (κ1) is 18.3. The lowest BCUT2D eigenvalue weighted by atomic mass is 9.15. The summed E-state index contributed by atoms with van der Waals surface area (Å²) in [6, 6.07) is 17.0. The van der Waals surface area contributed by atoms with E-state index in [4.69, 9.17) is 6.42 Å². The number of para-hydroxylation sites is 1. The molecule has 3 atom stereocenters. The third kappa shape index (κ3) is 1.96. The molecule has 4 nitrogen and oxygen atoms in total. The molecule has 1 aliphatic heterocycles. The zero-order valence-electron chi connectivity index (χ0n) is 18.6. The van der Waals surface area contributed by atoms with Crippen LogP contribution in [-0.2, 0) is 11.2 Å². The molecule has 1 aromatic heterocycles. The van der Waals surface area contributed by atoms with Crippen molar-refractivity contribution in [3.8, 4) is 12.3 Å². The minimum Gasteiger partial charge on any atom is -0.379 e. The lowest BCUT2D eigenvalue weighted by Crippen LogP contribution is -2.91. The molecule has 0 saturated heterocycles. The topological polar surface area (TPSA) is 48.1 Å². The molecule has 3 aromatic rings. The fourth-order valence-corrected chi connectivity index (χ4v) is 9.06. The van der Waals surface area contributed by atoms with E-state index in [9.17, 15) is 4.79 Å². The minimum atomic E-state index is -0.244. The Hall–Kier alpha value is -3.19. The van der Waals surface area contributed by atoms with Crippen LogP contribution in [-0.4, -0.2) is 27.9 Å². The van der Waals surface area contributed by atoms with E-state index in [0.717, 1.165) is 40.9 Å². The van der Waals surface area contributed by atoms with Crippen LogP contribution in [0.1, 0.15) is 48.5 Å². The van der Waals surface area contributed by atoms with Crippen molar-refractivity contribution in [3.05, 3.63) is 65.4 Å². The van der Waals surface area contributed by atoms with Crippen LogP contribution in [0.25, 0.3) is 10.9 Å². The van der Waals surface area contributed by atoms with Crippen molar-refractivity contribution in [2.24, 2.45) is 23.2 Å². The van der Waals surface area contributed by atoms with Crippen LogP contribution in [0.3, 0.4) is 0 Å². The summed E-state index contributed by atoms with van der Waals surface area (Å²) in [5.74, 6) is 5.09. The van der Waals surface area contributed by atoms with Gasteiger partial charge in [-0.05, 0) is 85.1 Å². The number of terminal acetylenes is 1. The van der Waals surface area contributed by atoms with Crippen LogP contribution >= 0.6 is 0 Å². The number of carbonyl (C=O) groups is 1. The lowest BCUT2D eigenvalue weighted by Gasteiger charge is -2.91. The van der Waals surface area contributed by atoms with E-state index in [1.165, 1.54) is 42.3 Å². The second kappa shape index (κ2) is 5.83. The number of fused-ring (bicyclic) bond motifs is 3. The third-order valence-electron chi connectivity index (χ3n) is 10.2. The molecule has 2 unspecified atom stereocenters. The van der Waals surface area contributed by atoms with Crippen LogP contribution in [0.4, 0.5) is 5.69 Å². The second-order valence-corrected chi connectivity index (χ2v) is 11.1. The maximum atomic E-state index is 12.7. The highest BCUT2D eigenvalue weighted by molar-refractivity contribution is 5.94. The SMILES string of the molecule is C#CC(=O)N1CCc2c([nH]c3ccccc23)[C@@H]1c1ccc(NC23CC4CC5CC(C2)C543)cc1. The van der Waals surface area contributed by atoms with Gasteiger partial charge in [0.1, 0.15) is 0 Å². The highest BCUT2D eigenvalue weighted by Crippen LogP contribution is 2.89. The van der Waals surface area contributed by atoms with Gasteiger partial charge in [-0.3, -0.25) is 4.79 Å². The average Bonchev–Trinajstić information content (AvgIpc) is 3.17. The summed E-state index contributed by atoms with van der Waals surface area (Å²) in [4.78, 5) is 18.1. The molecule has 2 heterocycles. The normalized spacial score (nSPS) is 36.6. The fourth-order valence-electron chi connectivity index (χ4n) is 9.06. The number of nitrogens with one attached hydrogen (secondary N) is 2. The van der Waals surface area contributed by atoms with Crippen molar-refractivity contribution in [2.75, 3.05) is 11.9 Å². The first-order chi connectivity index (χ1) is 16.1. The number of hydrogen-bond donors (Lipinski definition) is 2. The van der Waals surface area contributed by atoms with E-state index in [1.807, 2.05) is 11.0 Å². The van der Waals surface area contributed by atoms with E-state index in [1.54, 1.807) is 0 Å². The second-order valence-electron chi connectivity index (χ2n) is 11.1. The minimum absolute atomic E-state index is 0.181. The zero-order valence-corrected chi connectivity index (χ0v) is 18.6. The molecule has 5 aliphatic rings. The number of aromatic amines is 1. The number of amides is 1. The number of anilines is 1. The van der Waals surface area contributed by atoms with E-state index < -0.39 is 0 Å². The molecule has 2 N–H and O–H groups in total. The number of aromatic nitrogens is 1. The van der Waals surface area contributed by atoms with Crippen molar-refractivity contribution in [2.45, 2.75) is 43.7 Å². The summed E-state index contributed by atoms with van der Waals surface area (Å²) in [6.07, 6.45) is 12.0. The van der Waals surface area contributed by atoms with E-state index in [-0.39, 0.29) is 11.9 Å². The Morgan fingerprint density at radius 1 is 1.06 bits per heavy atom. The first-order valence-electron chi connectivity index (χ1n) is 12.4. The van der Waals surface area contributed by atoms with Crippen LogP contribution in [0.15, 0.2) is 48.5 Å². The first-order valence-corrected chi connectivity index (χ1v) is 12.4. The monoisotopic (exact) mass is 433 g/mol. The lowest BCUT2D eigenvalue weighted by molar-refractivity contribution is -0.379. The summed E-state index contributed by atoms with van der Waals surface area (Å²) in [7, 11) is 0. The van der Waals surface area contributed by atoms with Gasteiger partial charge in [-0.2, -0.15) is 0 Å². The van der Waals surface area contributed by atoms with Crippen molar-refractivity contribution in [1.82, 2.24) is 9.88 Å². The third-order valence-corrected chi connectivity index (χ3v) is 10.2. The quantitative estimate of drug-likeness (QED) is 0.579. The molecule has 4 saturated carbocycles. The van der Waals surface area contributed by atoms with Gasteiger partial charge in [0, 0.05) is 39.8 Å². The number of hydrogen-bond acceptors (Lipinski definition) is 2. The predicted octanol–water partition coefficient (Wildman–Crippen LogP) is 4.88. The average molecular weight is 434 g/mol. The van der Waals surface area contributed by atoms with Crippen LogP contribution < -0.4 is 5.32 Å². The van der Waals surface area contributed by atoms with Crippen molar-refractivity contribution >= 4 is 22.5 Å². The summed E-state index contributed by atoms with van der Waals surface area (Å²) in [5, 5.41) is 5.22. The Morgan fingerprint density at radius 3 is 2.52 bits per heavy atom. The smallest absolute Gasteiger partial charge is 0.299 e. The van der Waals surface area contributed by atoms with Crippen LogP contribution in [0, 0.1) is 35.5 Å². The van der Waals surface area contributed by atoms with Gasteiger partial charge in [-0.1, -0.05) is 30.3 Å². The number of rotatable bonds is 3. The molecule has 1 spiro atoms. The largest absolute Gasteiger partial charge is 0.379 e. The summed E-state index contributed by atoms with van der Waals surface area (Å²) in [6.45, 7) is 0.637. The summed E-state index contributed by atoms with van der Waals surface area (Å²) in [5.41, 5.74) is 6.86. The molecular formula is C29H27N3O. The molecule has 0 radical (unpaired) electrons. The maximum absolute atomic E-state index is 12.7. The van der Waals surface area contributed by atoms with Gasteiger partial charge >= 0.3 is 0 Å². The molecule has 4 aliphatic carbocycles. The van der Waals surface area contributed by atoms with Crippen molar-refractivity contribution in [1.29, 1.82) is 0 Å². The van der Waals surface area contributed by atoms with Crippen LogP contribution in [0.5, 0.6) is 0 Å². The molecule has 8 rings (SSSR count). The molecule has 33 heavy (non-hydrogen) atoms. The molecule has 164 valence electrons. The fraction of sp³-hybridized carbons (Fsp3) is 0.414. The van der Waals surface area contributed by atoms with E-state index in [0.29, 0.717) is 17.5 Å². The van der Waals surface area contributed by atoms with Gasteiger partial charge in [-0.25, -0.2) is 0 Å². The Kier molecular flexibility index (Phi) is 3.23. The predicted molar refractivity (Wildman–Crippen MR) is 129 cm³/mol. The molecule has 0 bridgehead atoms. The molecule has 2 aromatic carbocycles. The van der Waals surface area contributed by atoms with Crippen molar-refractivity contribution < 1.29 is 4.79 Å². The molecule has 1 amide bonds. The number of benzene rings is 2. The summed E-state index contributed by atoms with van der Waals surface area (Å²) < 4.78 is 0. The van der Waals surface area contributed by atoms with E-state index >= 15 is 0 Å². The van der Waals surface area contributed by atoms with Gasteiger partial charge in [0.05, 0.1) is 6.04 Å². The van der Waals surface area contributed by atoms with E-state index in [2.05, 4.69) is 58.7 Å². The molecule has 4 fully saturated rings. The van der Waals surface area contributed by atoms with Gasteiger partial charge in [0.25, 0.3) is 5.91 Å². The molecular weight excluding hydrogens is 406 g/mol. The maximum Gasteiger partial charge on any atom is 0.299 e. The highest BCUT2D eigenvalue weighted by Gasteiger charge is 2.87. The van der Waals surface area contributed by atoms with Gasteiger partial charge in [0.15, 0.2) is 0 Å². The van der Waals surface area contributed by atoms with Gasteiger partial charge in [0.2, 0.25) is 0 Å². The van der Waals surface area contributed by atoms with Gasteiger partial charge in [-0.15, -0.1) is 6.42 Å². The molecule has 4 heteroatoms.